The van der Waals surface area contributed by atoms with Crippen molar-refractivity contribution in [1.29, 1.82) is 0 Å². The number of hydrogen-bond donors (Lipinski definition) is 2. The quantitative estimate of drug-likeness (QED) is 0.362. The van der Waals surface area contributed by atoms with Crippen molar-refractivity contribution in [2.45, 2.75) is 32.9 Å². The molecule has 1 saturated heterocycles. The van der Waals surface area contributed by atoms with E-state index in [0.29, 0.717) is 6.04 Å². The van der Waals surface area contributed by atoms with Gasteiger partial charge >= 0.3 is 0 Å². The highest BCUT2D eigenvalue weighted by atomic mass is 16.4. The zero-order valence-corrected chi connectivity index (χ0v) is 13.0. The average Bonchev–Trinajstić information content (AvgIpc) is 2.96. The lowest BCUT2D eigenvalue weighted by Gasteiger charge is -2.26. The van der Waals surface area contributed by atoms with Crippen LogP contribution in [0.1, 0.15) is 31.4 Å². The molecular formula is C16H26N4O. The van der Waals surface area contributed by atoms with Crippen molar-refractivity contribution in [2.75, 3.05) is 26.2 Å². The number of nitrogens with two attached hydrogens (primary N) is 1. The molecule has 1 fully saturated rings. The zero-order valence-electron chi connectivity index (χ0n) is 13.0. The van der Waals surface area contributed by atoms with Crippen molar-refractivity contribution in [1.82, 2.24) is 9.80 Å². The normalized spacial score (nSPS) is 20.3. The van der Waals surface area contributed by atoms with Crippen LogP contribution in [0.3, 0.4) is 0 Å². The molecule has 1 atom stereocenters. The predicted octanol–water partition coefficient (Wildman–Crippen LogP) is 1.70. The third-order valence-corrected chi connectivity index (χ3v) is 4.31. The first kappa shape index (κ1) is 15.8. The molecule has 1 aromatic carbocycles. The molecule has 0 spiro atoms. The van der Waals surface area contributed by atoms with Crippen LogP contribution in [0, 0.1) is 0 Å². The molecule has 21 heavy (non-hydrogen) atoms. The van der Waals surface area contributed by atoms with Crippen molar-refractivity contribution < 1.29 is 5.21 Å². The summed E-state index contributed by atoms with van der Waals surface area (Å²) >= 11 is 0. The molecule has 1 aliphatic rings. The zero-order chi connectivity index (χ0) is 15.2. The first-order chi connectivity index (χ1) is 10.2. The van der Waals surface area contributed by atoms with E-state index in [0.717, 1.165) is 38.3 Å². The van der Waals surface area contributed by atoms with Gasteiger partial charge in [-0.2, -0.15) is 0 Å². The number of nitrogens with zero attached hydrogens (tertiary/aromatic N) is 3. The van der Waals surface area contributed by atoms with Gasteiger partial charge in [-0.3, -0.25) is 9.80 Å². The topological polar surface area (TPSA) is 65.1 Å². The Kier molecular flexibility index (Phi) is 5.59. The minimum absolute atomic E-state index is 0.166. The Morgan fingerprint density at radius 1 is 1.43 bits per heavy atom. The molecule has 1 heterocycles. The summed E-state index contributed by atoms with van der Waals surface area (Å²) in [6, 6.07) is 8.59. The average molecular weight is 290 g/mol. The summed E-state index contributed by atoms with van der Waals surface area (Å²) < 4.78 is 0. The highest BCUT2D eigenvalue weighted by Gasteiger charge is 2.25. The third-order valence-electron chi connectivity index (χ3n) is 4.31. The van der Waals surface area contributed by atoms with E-state index in [1.807, 2.05) is 18.2 Å². The summed E-state index contributed by atoms with van der Waals surface area (Å²) in [5.74, 6) is 0.166. The van der Waals surface area contributed by atoms with Gasteiger partial charge in [0, 0.05) is 31.2 Å². The van der Waals surface area contributed by atoms with Crippen LogP contribution in [0.4, 0.5) is 0 Å². The molecule has 3 N–H and O–H groups in total. The van der Waals surface area contributed by atoms with Crippen molar-refractivity contribution >= 4 is 5.84 Å². The van der Waals surface area contributed by atoms with E-state index in [1.165, 1.54) is 12.0 Å². The molecule has 0 aliphatic carbocycles. The second-order valence-electron chi connectivity index (χ2n) is 5.58. The van der Waals surface area contributed by atoms with E-state index in [2.05, 4.69) is 34.9 Å². The summed E-state index contributed by atoms with van der Waals surface area (Å²) in [5.41, 5.74) is 7.63. The maximum absolute atomic E-state index is 8.76. The van der Waals surface area contributed by atoms with Gasteiger partial charge in [0.05, 0.1) is 0 Å². The van der Waals surface area contributed by atoms with Crippen molar-refractivity contribution in [2.24, 2.45) is 10.9 Å². The predicted molar refractivity (Wildman–Crippen MR) is 85.6 cm³/mol. The molecule has 0 saturated carbocycles. The summed E-state index contributed by atoms with van der Waals surface area (Å²) in [6.45, 7) is 9.87. The van der Waals surface area contributed by atoms with E-state index in [9.17, 15) is 0 Å². The molecule has 116 valence electrons. The smallest absolute Gasteiger partial charge is 0.170 e. The molecule has 2 rings (SSSR count). The minimum Gasteiger partial charge on any atom is -0.409 e. The third kappa shape index (κ3) is 3.95. The SMILES string of the molecule is CCN(CC)C1CCN(Cc2cccc(C(N)=NO)c2)C1. The van der Waals surface area contributed by atoms with Crippen molar-refractivity contribution in [3.63, 3.8) is 0 Å². The maximum Gasteiger partial charge on any atom is 0.170 e. The van der Waals surface area contributed by atoms with Gasteiger partial charge in [0.25, 0.3) is 0 Å². The minimum atomic E-state index is 0.166. The Bertz CT molecular complexity index is 485. The van der Waals surface area contributed by atoms with E-state index >= 15 is 0 Å². The Morgan fingerprint density at radius 2 is 2.19 bits per heavy atom. The molecule has 0 aromatic heterocycles. The molecular weight excluding hydrogens is 264 g/mol. The number of likely N-dealkylation sites (tertiary alicyclic amines) is 1. The van der Waals surface area contributed by atoms with Crippen molar-refractivity contribution in [3.05, 3.63) is 35.4 Å². The molecule has 0 radical (unpaired) electrons. The second-order valence-corrected chi connectivity index (χ2v) is 5.58. The van der Waals surface area contributed by atoms with Gasteiger partial charge in [0.15, 0.2) is 5.84 Å². The molecule has 0 amide bonds. The van der Waals surface area contributed by atoms with Gasteiger partial charge in [0.1, 0.15) is 0 Å². The fraction of sp³-hybridized carbons (Fsp3) is 0.562. The van der Waals surface area contributed by atoms with Gasteiger partial charge in [-0.25, -0.2) is 0 Å². The van der Waals surface area contributed by atoms with Gasteiger partial charge < -0.3 is 10.9 Å². The van der Waals surface area contributed by atoms with E-state index in [1.54, 1.807) is 0 Å². The van der Waals surface area contributed by atoms with Crippen LogP contribution in [0.2, 0.25) is 0 Å². The maximum atomic E-state index is 8.76. The Morgan fingerprint density at radius 3 is 2.86 bits per heavy atom. The van der Waals surface area contributed by atoms with Crippen LogP contribution >= 0.6 is 0 Å². The molecule has 1 aromatic rings. The van der Waals surface area contributed by atoms with Gasteiger partial charge in [-0.05, 0) is 31.1 Å². The lowest BCUT2D eigenvalue weighted by Crippen LogP contribution is -2.37. The standard InChI is InChI=1S/C16H26N4O/c1-3-20(4-2)15-8-9-19(12-15)11-13-6-5-7-14(10-13)16(17)18-21/h5-7,10,15,21H,3-4,8-9,11-12H2,1-2H3,(H2,17,18). The highest BCUT2D eigenvalue weighted by molar-refractivity contribution is 5.97. The molecule has 1 unspecified atom stereocenters. The van der Waals surface area contributed by atoms with E-state index in [-0.39, 0.29) is 5.84 Å². The van der Waals surface area contributed by atoms with E-state index in [4.69, 9.17) is 10.9 Å². The summed E-state index contributed by atoms with van der Waals surface area (Å²) in [4.78, 5) is 5.02. The van der Waals surface area contributed by atoms with Crippen LogP contribution in [0.25, 0.3) is 0 Å². The number of hydrogen-bond acceptors (Lipinski definition) is 4. The summed E-state index contributed by atoms with van der Waals surface area (Å²) in [7, 11) is 0. The van der Waals surface area contributed by atoms with Crippen LogP contribution in [0.5, 0.6) is 0 Å². The second kappa shape index (κ2) is 7.43. The largest absolute Gasteiger partial charge is 0.409 e. The summed E-state index contributed by atoms with van der Waals surface area (Å²) in [6.07, 6.45) is 1.24. The lowest BCUT2D eigenvalue weighted by atomic mass is 10.1. The number of rotatable bonds is 6. The van der Waals surface area contributed by atoms with Gasteiger partial charge in [-0.1, -0.05) is 37.2 Å². The fourth-order valence-electron chi connectivity index (χ4n) is 3.14. The number of likely N-dealkylation sites (N-methyl/N-ethyl adjacent to an activating group) is 1. The Hall–Kier alpha value is -1.59. The molecule has 1 aliphatic heterocycles. The molecule has 0 bridgehead atoms. The van der Waals surface area contributed by atoms with E-state index < -0.39 is 0 Å². The Balaban J connectivity index is 1.97. The number of benzene rings is 1. The van der Waals surface area contributed by atoms with Gasteiger partial charge in [-0.15, -0.1) is 0 Å². The van der Waals surface area contributed by atoms with Gasteiger partial charge in [0.2, 0.25) is 0 Å². The first-order valence-corrected chi connectivity index (χ1v) is 7.71. The van der Waals surface area contributed by atoms with Crippen molar-refractivity contribution in [3.8, 4) is 0 Å². The van der Waals surface area contributed by atoms with Crippen LogP contribution < -0.4 is 5.73 Å². The monoisotopic (exact) mass is 290 g/mol. The molecule has 5 heteroatoms. The number of oxime groups is 1. The molecule has 5 nitrogen and oxygen atoms in total. The highest BCUT2D eigenvalue weighted by Crippen LogP contribution is 2.18. The van der Waals surface area contributed by atoms with Crippen LogP contribution in [-0.2, 0) is 6.54 Å². The Labute approximate surface area is 127 Å². The lowest BCUT2D eigenvalue weighted by molar-refractivity contribution is 0.209. The number of amidine groups is 1. The van der Waals surface area contributed by atoms with Crippen LogP contribution in [-0.4, -0.2) is 53.1 Å². The summed E-state index contributed by atoms with van der Waals surface area (Å²) in [5, 5.41) is 11.8. The first-order valence-electron chi connectivity index (χ1n) is 7.71. The fourth-order valence-corrected chi connectivity index (χ4v) is 3.14. The van der Waals surface area contributed by atoms with Crippen LogP contribution in [0.15, 0.2) is 29.4 Å².